The number of rotatable bonds is 4. The molecule has 8 rings (SSSR count). The number of fused-ring (bicyclic) bond motifs is 3. The van der Waals surface area contributed by atoms with Gasteiger partial charge in [0.2, 0.25) is 0 Å². The largest absolute Gasteiger partial charge is 0.262 e. The van der Waals surface area contributed by atoms with Crippen LogP contribution in [0, 0.1) is 6.92 Å². The molecule has 0 bridgehead atoms. The van der Waals surface area contributed by atoms with Gasteiger partial charge in [0.15, 0.2) is 0 Å². The summed E-state index contributed by atoms with van der Waals surface area (Å²) in [6.07, 6.45) is 1.84. The molecule has 0 spiro atoms. The van der Waals surface area contributed by atoms with E-state index in [-0.39, 0.29) is 0 Å². The molecule has 2 aromatic heterocycles. The molecule has 2 heteroatoms. The Hall–Kier alpha value is -5.60. The third kappa shape index (κ3) is 4.45. The van der Waals surface area contributed by atoms with Crippen LogP contribution in [-0.2, 0) is 0 Å². The van der Waals surface area contributed by atoms with Gasteiger partial charge in [-0.2, -0.15) is 0 Å². The number of aryl methyl sites for hydroxylation is 1. The smallest absolute Gasteiger partial charge is 0.0710 e. The van der Waals surface area contributed by atoms with Crippen LogP contribution in [0.5, 0.6) is 0 Å². The van der Waals surface area contributed by atoms with Gasteiger partial charge in [-0.05, 0) is 91.8 Å². The number of aromatic nitrogens is 2. The third-order valence-electron chi connectivity index (χ3n) is 8.38. The van der Waals surface area contributed by atoms with Crippen molar-refractivity contribution < 1.29 is 0 Å². The summed E-state index contributed by atoms with van der Waals surface area (Å²) < 4.78 is 0. The molecule has 0 aliphatic carbocycles. The van der Waals surface area contributed by atoms with Crippen LogP contribution in [0.25, 0.3) is 77.1 Å². The van der Waals surface area contributed by atoms with Gasteiger partial charge in [0.1, 0.15) is 0 Å². The molecule has 0 saturated carbocycles. The maximum absolute atomic E-state index is 5.00. The second-order valence-corrected chi connectivity index (χ2v) is 11.1. The number of pyridine rings is 2. The summed E-state index contributed by atoms with van der Waals surface area (Å²) in [5, 5.41) is 7.54. The Morgan fingerprint density at radius 1 is 0.395 bits per heavy atom. The van der Waals surface area contributed by atoms with E-state index in [4.69, 9.17) is 4.98 Å². The first-order valence-electron chi connectivity index (χ1n) is 14.7. The van der Waals surface area contributed by atoms with Gasteiger partial charge >= 0.3 is 0 Å². The fourth-order valence-electron chi connectivity index (χ4n) is 6.36. The third-order valence-corrected chi connectivity index (χ3v) is 8.38. The van der Waals surface area contributed by atoms with Gasteiger partial charge in [0.05, 0.1) is 11.4 Å². The average molecular weight is 549 g/mol. The summed E-state index contributed by atoms with van der Waals surface area (Å²) in [6.45, 7) is 2.01. The van der Waals surface area contributed by atoms with Crippen molar-refractivity contribution in [3.05, 3.63) is 157 Å². The maximum Gasteiger partial charge on any atom is 0.0710 e. The van der Waals surface area contributed by atoms with E-state index in [1.54, 1.807) is 0 Å². The summed E-state index contributed by atoms with van der Waals surface area (Å²) in [4.78, 5) is 9.33. The van der Waals surface area contributed by atoms with Crippen molar-refractivity contribution in [3.8, 4) is 44.8 Å². The fraction of sp³-hybridized carbons (Fsp3) is 0.0244. The Bertz CT molecular complexity index is 2240. The molecular weight excluding hydrogens is 520 g/mol. The van der Waals surface area contributed by atoms with E-state index >= 15 is 0 Å². The van der Waals surface area contributed by atoms with Crippen LogP contribution in [0.3, 0.4) is 0 Å². The van der Waals surface area contributed by atoms with Crippen LogP contribution < -0.4 is 0 Å². The summed E-state index contributed by atoms with van der Waals surface area (Å²) in [5.41, 5.74) is 10.0. The van der Waals surface area contributed by atoms with Gasteiger partial charge < -0.3 is 0 Å². The van der Waals surface area contributed by atoms with Crippen molar-refractivity contribution >= 4 is 32.3 Å². The Labute approximate surface area is 251 Å². The van der Waals surface area contributed by atoms with E-state index in [1.165, 1.54) is 54.6 Å². The van der Waals surface area contributed by atoms with Gasteiger partial charge in [-0.25, -0.2) is 4.98 Å². The highest BCUT2D eigenvalue weighted by Crippen LogP contribution is 2.44. The Morgan fingerprint density at radius 3 is 1.58 bits per heavy atom. The lowest BCUT2D eigenvalue weighted by Gasteiger charge is -2.18. The minimum Gasteiger partial charge on any atom is -0.262 e. The quantitative estimate of drug-likeness (QED) is 0.204. The highest BCUT2D eigenvalue weighted by molar-refractivity contribution is 6.21. The first kappa shape index (κ1) is 25.1. The Morgan fingerprint density at radius 2 is 0.930 bits per heavy atom. The van der Waals surface area contributed by atoms with E-state index in [0.29, 0.717) is 0 Å². The van der Waals surface area contributed by atoms with E-state index in [9.17, 15) is 0 Å². The minimum absolute atomic E-state index is 0.952. The van der Waals surface area contributed by atoms with Crippen LogP contribution in [-0.4, -0.2) is 9.97 Å². The second kappa shape index (κ2) is 10.3. The molecule has 43 heavy (non-hydrogen) atoms. The molecule has 6 aromatic carbocycles. The molecular formula is C41H28N2. The predicted octanol–water partition coefficient (Wildman–Crippen LogP) is 10.9. The number of hydrogen-bond donors (Lipinski definition) is 0. The molecule has 0 atom stereocenters. The zero-order valence-corrected chi connectivity index (χ0v) is 23.8. The van der Waals surface area contributed by atoms with Crippen LogP contribution in [0.2, 0.25) is 0 Å². The monoisotopic (exact) mass is 548 g/mol. The van der Waals surface area contributed by atoms with Crippen LogP contribution in [0.1, 0.15) is 5.69 Å². The second-order valence-electron chi connectivity index (χ2n) is 11.1. The summed E-state index contributed by atoms with van der Waals surface area (Å²) >= 11 is 0. The van der Waals surface area contributed by atoms with E-state index in [2.05, 4.69) is 145 Å². The molecule has 0 saturated heterocycles. The normalized spacial score (nSPS) is 11.4. The molecule has 0 aliphatic heterocycles. The summed E-state index contributed by atoms with van der Waals surface area (Å²) in [7, 11) is 0. The van der Waals surface area contributed by atoms with Crippen molar-refractivity contribution in [3.63, 3.8) is 0 Å². The van der Waals surface area contributed by atoms with Gasteiger partial charge in [-0.15, -0.1) is 0 Å². The van der Waals surface area contributed by atoms with E-state index < -0.39 is 0 Å². The lowest BCUT2D eigenvalue weighted by molar-refractivity contribution is 1.19. The van der Waals surface area contributed by atoms with Gasteiger partial charge in [0.25, 0.3) is 0 Å². The standard InChI is InChI=1S/C41H28N2/c1-27-25-32(23-24-42-27)39-16-8-15-38(43-39)29-18-20-30(21-19-29)40-34-11-4-6-13-36(34)41(37-14-7-5-12-35(37)40)33-22-17-28-9-2-3-10-31(28)26-33/h2-26H,1H3. The van der Waals surface area contributed by atoms with Gasteiger partial charge in [0, 0.05) is 23.0 Å². The summed E-state index contributed by atoms with van der Waals surface area (Å²) in [5.74, 6) is 0. The molecule has 0 radical (unpaired) electrons. The first-order chi connectivity index (χ1) is 21.2. The lowest BCUT2D eigenvalue weighted by atomic mass is 9.85. The van der Waals surface area contributed by atoms with Crippen LogP contribution in [0.4, 0.5) is 0 Å². The SMILES string of the molecule is Cc1cc(-c2cccc(-c3ccc(-c4c5ccccc5c(-c5ccc6ccccc6c5)c5ccccc45)cc3)n2)ccn1. The number of benzene rings is 6. The Balaban J connectivity index is 1.28. The topological polar surface area (TPSA) is 25.8 Å². The van der Waals surface area contributed by atoms with Crippen molar-refractivity contribution in [2.45, 2.75) is 6.92 Å². The molecule has 0 aliphatic rings. The van der Waals surface area contributed by atoms with E-state index in [1.807, 2.05) is 19.2 Å². The average Bonchev–Trinajstić information content (AvgIpc) is 3.07. The van der Waals surface area contributed by atoms with Crippen molar-refractivity contribution in [1.29, 1.82) is 0 Å². The van der Waals surface area contributed by atoms with Crippen LogP contribution in [0.15, 0.2) is 152 Å². The highest BCUT2D eigenvalue weighted by atomic mass is 14.7. The first-order valence-corrected chi connectivity index (χ1v) is 14.7. The zero-order chi connectivity index (χ0) is 28.8. The number of nitrogens with zero attached hydrogens (tertiary/aromatic N) is 2. The van der Waals surface area contributed by atoms with Crippen molar-refractivity contribution in [2.75, 3.05) is 0 Å². The summed E-state index contributed by atoms with van der Waals surface area (Å²) in [6, 6.07) is 52.2. The molecule has 8 aromatic rings. The fourth-order valence-corrected chi connectivity index (χ4v) is 6.36. The van der Waals surface area contributed by atoms with Gasteiger partial charge in [-0.1, -0.05) is 115 Å². The molecule has 0 N–H and O–H groups in total. The van der Waals surface area contributed by atoms with Crippen LogP contribution >= 0.6 is 0 Å². The zero-order valence-electron chi connectivity index (χ0n) is 23.8. The number of hydrogen-bond acceptors (Lipinski definition) is 2. The van der Waals surface area contributed by atoms with Crippen molar-refractivity contribution in [2.24, 2.45) is 0 Å². The molecule has 0 unspecified atom stereocenters. The van der Waals surface area contributed by atoms with Crippen molar-refractivity contribution in [1.82, 2.24) is 9.97 Å². The molecule has 202 valence electrons. The molecule has 2 heterocycles. The predicted molar refractivity (Wildman–Crippen MR) is 181 cm³/mol. The molecule has 0 amide bonds. The Kier molecular flexibility index (Phi) is 6.05. The van der Waals surface area contributed by atoms with E-state index in [0.717, 1.165) is 28.2 Å². The molecule has 2 nitrogen and oxygen atoms in total. The van der Waals surface area contributed by atoms with Gasteiger partial charge in [-0.3, -0.25) is 4.98 Å². The highest BCUT2D eigenvalue weighted by Gasteiger charge is 2.17. The minimum atomic E-state index is 0.952. The lowest BCUT2D eigenvalue weighted by Crippen LogP contribution is -1.92. The maximum atomic E-state index is 5.00. The molecule has 0 fully saturated rings.